The normalized spacial score (nSPS) is 18.2. The van der Waals surface area contributed by atoms with Gasteiger partial charge >= 0.3 is 0 Å². The molecule has 92 valence electrons. The minimum absolute atomic E-state index is 0.00229. The Kier molecular flexibility index (Phi) is 4.84. The first kappa shape index (κ1) is 13.1. The van der Waals surface area contributed by atoms with E-state index in [9.17, 15) is 0 Å². The molecule has 1 aliphatic rings. The Morgan fingerprint density at radius 2 is 2.19 bits per heavy atom. The van der Waals surface area contributed by atoms with Gasteiger partial charge in [0.25, 0.3) is 0 Å². The molecular formula is C13H25N3. The fourth-order valence-corrected chi connectivity index (χ4v) is 1.88. The highest BCUT2D eigenvalue weighted by molar-refractivity contribution is 5.78. The van der Waals surface area contributed by atoms with Gasteiger partial charge in [-0.2, -0.15) is 0 Å². The van der Waals surface area contributed by atoms with Crippen molar-refractivity contribution in [1.29, 1.82) is 0 Å². The van der Waals surface area contributed by atoms with Crippen molar-refractivity contribution in [1.82, 2.24) is 5.32 Å². The van der Waals surface area contributed by atoms with E-state index in [1.54, 1.807) is 5.57 Å². The summed E-state index contributed by atoms with van der Waals surface area (Å²) in [6.45, 7) is 7.05. The highest BCUT2D eigenvalue weighted by atomic mass is 15.1. The van der Waals surface area contributed by atoms with Crippen LogP contribution >= 0.6 is 0 Å². The molecule has 0 aliphatic heterocycles. The van der Waals surface area contributed by atoms with Crippen LogP contribution in [0.5, 0.6) is 0 Å². The largest absolute Gasteiger partial charge is 0.370 e. The first-order chi connectivity index (χ1) is 7.47. The standard InChI is InChI=1S/C13H25N3/c1-13(2,3)16-12(14)15-10-9-11-7-5-4-6-8-11/h7H,4-6,8-10H2,1-3H3,(H3,14,15,16). The quantitative estimate of drug-likeness (QED) is 0.439. The lowest BCUT2D eigenvalue weighted by atomic mass is 9.97. The third-order valence-corrected chi connectivity index (χ3v) is 2.60. The summed E-state index contributed by atoms with van der Waals surface area (Å²) in [7, 11) is 0. The van der Waals surface area contributed by atoms with Gasteiger partial charge in [-0.3, -0.25) is 4.99 Å². The number of hydrogen-bond acceptors (Lipinski definition) is 1. The highest BCUT2D eigenvalue weighted by Crippen LogP contribution is 2.19. The average molecular weight is 223 g/mol. The van der Waals surface area contributed by atoms with Crippen LogP contribution < -0.4 is 11.1 Å². The maximum atomic E-state index is 5.79. The monoisotopic (exact) mass is 223 g/mol. The number of hydrogen-bond donors (Lipinski definition) is 2. The molecule has 16 heavy (non-hydrogen) atoms. The Morgan fingerprint density at radius 1 is 1.44 bits per heavy atom. The van der Waals surface area contributed by atoms with Crippen molar-refractivity contribution in [2.45, 2.75) is 58.4 Å². The number of nitrogens with one attached hydrogen (secondary N) is 1. The van der Waals surface area contributed by atoms with Crippen LogP contribution in [0, 0.1) is 0 Å². The van der Waals surface area contributed by atoms with Gasteiger partial charge in [-0.25, -0.2) is 0 Å². The second kappa shape index (κ2) is 5.92. The van der Waals surface area contributed by atoms with Gasteiger partial charge in [0.1, 0.15) is 0 Å². The second-order valence-electron chi connectivity index (χ2n) is 5.50. The van der Waals surface area contributed by atoms with Crippen molar-refractivity contribution in [3.05, 3.63) is 11.6 Å². The van der Waals surface area contributed by atoms with E-state index in [4.69, 9.17) is 5.73 Å². The van der Waals surface area contributed by atoms with Gasteiger partial charge in [0.2, 0.25) is 0 Å². The number of rotatable bonds is 3. The molecule has 0 heterocycles. The number of guanidine groups is 1. The third kappa shape index (κ3) is 5.79. The predicted octanol–water partition coefficient (Wildman–Crippen LogP) is 2.58. The minimum atomic E-state index is -0.00229. The van der Waals surface area contributed by atoms with Crippen LogP contribution in [0.3, 0.4) is 0 Å². The van der Waals surface area contributed by atoms with Gasteiger partial charge in [-0.05, 0) is 52.9 Å². The Balaban J connectivity index is 2.27. The minimum Gasteiger partial charge on any atom is -0.370 e. The molecule has 0 aromatic carbocycles. The number of nitrogens with two attached hydrogens (primary N) is 1. The van der Waals surface area contributed by atoms with Crippen molar-refractivity contribution >= 4 is 5.96 Å². The predicted molar refractivity (Wildman–Crippen MR) is 70.5 cm³/mol. The van der Waals surface area contributed by atoms with Crippen LogP contribution in [0.25, 0.3) is 0 Å². The Morgan fingerprint density at radius 3 is 2.75 bits per heavy atom. The molecule has 3 heteroatoms. The zero-order chi connectivity index (χ0) is 12.0. The van der Waals surface area contributed by atoms with E-state index >= 15 is 0 Å². The fraction of sp³-hybridized carbons (Fsp3) is 0.769. The van der Waals surface area contributed by atoms with E-state index in [0.29, 0.717) is 5.96 Å². The molecule has 0 saturated heterocycles. The van der Waals surface area contributed by atoms with Crippen LogP contribution in [0.1, 0.15) is 52.9 Å². The summed E-state index contributed by atoms with van der Waals surface area (Å²) in [6, 6.07) is 0. The first-order valence-electron chi connectivity index (χ1n) is 6.23. The molecule has 0 radical (unpaired) electrons. The van der Waals surface area contributed by atoms with Gasteiger partial charge in [-0.1, -0.05) is 11.6 Å². The molecule has 0 aromatic rings. The topological polar surface area (TPSA) is 50.4 Å². The molecular weight excluding hydrogens is 198 g/mol. The Hall–Kier alpha value is -0.990. The van der Waals surface area contributed by atoms with Gasteiger partial charge < -0.3 is 11.1 Å². The molecule has 0 bridgehead atoms. The Labute approximate surface area is 99.2 Å². The van der Waals surface area contributed by atoms with E-state index in [-0.39, 0.29) is 5.54 Å². The van der Waals surface area contributed by atoms with Gasteiger partial charge in [-0.15, -0.1) is 0 Å². The fourth-order valence-electron chi connectivity index (χ4n) is 1.88. The summed E-state index contributed by atoms with van der Waals surface area (Å²) < 4.78 is 0. The summed E-state index contributed by atoms with van der Waals surface area (Å²) in [5, 5.41) is 3.17. The molecule has 3 N–H and O–H groups in total. The first-order valence-corrected chi connectivity index (χ1v) is 6.23. The van der Waals surface area contributed by atoms with E-state index in [1.165, 1.54) is 25.7 Å². The molecule has 0 unspecified atom stereocenters. The van der Waals surface area contributed by atoms with Crippen LogP contribution in [-0.2, 0) is 0 Å². The number of nitrogens with zero attached hydrogens (tertiary/aromatic N) is 1. The third-order valence-electron chi connectivity index (χ3n) is 2.60. The van der Waals surface area contributed by atoms with E-state index in [1.807, 2.05) is 0 Å². The lowest BCUT2D eigenvalue weighted by Gasteiger charge is -2.21. The van der Waals surface area contributed by atoms with Crippen LogP contribution in [-0.4, -0.2) is 18.0 Å². The van der Waals surface area contributed by atoms with Gasteiger partial charge in [0.15, 0.2) is 5.96 Å². The Bertz CT molecular complexity index is 271. The van der Waals surface area contributed by atoms with Gasteiger partial charge in [0.05, 0.1) is 0 Å². The molecule has 0 atom stereocenters. The van der Waals surface area contributed by atoms with Crippen molar-refractivity contribution in [2.24, 2.45) is 10.7 Å². The maximum absolute atomic E-state index is 5.79. The van der Waals surface area contributed by atoms with E-state index in [0.717, 1.165) is 13.0 Å². The van der Waals surface area contributed by atoms with Crippen LogP contribution in [0.15, 0.2) is 16.6 Å². The van der Waals surface area contributed by atoms with Crippen molar-refractivity contribution in [3.8, 4) is 0 Å². The maximum Gasteiger partial charge on any atom is 0.188 e. The van der Waals surface area contributed by atoms with Crippen LogP contribution in [0.2, 0.25) is 0 Å². The molecule has 1 rings (SSSR count). The lowest BCUT2D eigenvalue weighted by Crippen LogP contribution is -2.45. The van der Waals surface area contributed by atoms with E-state index < -0.39 is 0 Å². The summed E-state index contributed by atoms with van der Waals surface area (Å²) in [4.78, 5) is 4.35. The molecule has 1 aliphatic carbocycles. The SMILES string of the molecule is CC(C)(C)NC(N)=NCCC1=CCCCC1. The summed E-state index contributed by atoms with van der Waals surface area (Å²) in [5.41, 5.74) is 7.35. The van der Waals surface area contributed by atoms with E-state index in [2.05, 4.69) is 37.2 Å². The van der Waals surface area contributed by atoms with Crippen molar-refractivity contribution in [3.63, 3.8) is 0 Å². The summed E-state index contributed by atoms with van der Waals surface area (Å²) in [5.74, 6) is 0.559. The number of aliphatic imine (C=N–C) groups is 1. The lowest BCUT2D eigenvalue weighted by molar-refractivity contribution is 0.508. The molecule has 0 fully saturated rings. The highest BCUT2D eigenvalue weighted by Gasteiger charge is 2.09. The van der Waals surface area contributed by atoms with Gasteiger partial charge in [0, 0.05) is 12.1 Å². The summed E-state index contributed by atoms with van der Waals surface area (Å²) >= 11 is 0. The smallest absolute Gasteiger partial charge is 0.188 e. The zero-order valence-electron chi connectivity index (χ0n) is 10.8. The number of allylic oxidation sites excluding steroid dienone is 1. The second-order valence-corrected chi connectivity index (χ2v) is 5.50. The molecule has 0 saturated carbocycles. The van der Waals surface area contributed by atoms with Crippen molar-refractivity contribution < 1.29 is 0 Å². The van der Waals surface area contributed by atoms with Crippen LogP contribution in [0.4, 0.5) is 0 Å². The zero-order valence-corrected chi connectivity index (χ0v) is 10.8. The molecule has 0 aromatic heterocycles. The average Bonchev–Trinajstić information content (AvgIpc) is 2.16. The molecule has 3 nitrogen and oxygen atoms in total. The summed E-state index contributed by atoms with van der Waals surface area (Å²) in [6.07, 6.45) is 8.61. The molecule has 0 spiro atoms. The van der Waals surface area contributed by atoms with Crippen molar-refractivity contribution in [2.75, 3.05) is 6.54 Å². The molecule has 0 amide bonds.